The van der Waals surface area contributed by atoms with E-state index in [4.69, 9.17) is 0 Å². The van der Waals surface area contributed by atoms with E-state index in [1.165, 1.54) is 24.3 Å². The van der Waals surface area contributed by atoms with Crippen molar-refractivity contribution >= 4 is 23.2 Å². The van der Waals surface area contributed by atoms with Crippen molar-refractivity contribution in [3.63, 3.8) is 0 Å². The van der Waals surface area contributed by atoms with Crippen LogP contribution in [0.2, 0.25) is 0 Å². The number of benzene rings is 3. The smallest absolute Gasteiger partial charge is 0.254 e. The quantitative estimate of drug-likeness (QED) is 0.486. The summed E-state index contributed by atoms with van der Waals surface area (Å²) in [5.74, 6) is -0.418. The molecule has 0 aliphatic heterocycles. The lowest BCUT2D eigenvalue weighted by Crippen LogP contribution is -2.31. The van der Waals surface area contributed by atoms with Crippen molar-refractivity contribution < 1.29 is 14.0 Å². The summed E-state index contributed by atoms with van der Waals surface area (Å²) in [6, 6.07) is 21.2. The summed E-state index contributed by atoms with van der Waals surface area (Å²) in [7, 11) is 3.91. The van der Waals surface area contributed by atoms with Gasteiger partial charge < -0.3 is 15.1 Å². The molecule has 0 spiro atoms. The Kier molecular flexibility index (Phi) is 7.26. The average molecular weight is 460 g/mol. The van der Waals surface area contributed by atoms with Gasteiger partial charge in [-0.2, -0.15) is 0 Å². The second-order valence-corrected chi connectivity index (χ2v) is 9.01. The summed E-state index contributed by atoms with van der Waals surface area (Å²) in [6.45, 7) is 0.744. The predicted octanol–water partition coefficient (Wildman–Crippen LogP) is 5.47. The summed E-state index contributed by atoms with van der Waals surface area (Å²) >= 11 is 0. The van der Waals surface area contributed by atoms with E-state index in [0.29, 0.717) is 18.7 Å². The number of carbonyl (C=O) groups is 2. The lowest BCUT2D eigenvalue weighted by Gasteiger charge is -2.27. The highest BCUT2D eigenvalue weighted by Crippen LogP contribution is 2.30. The number of rotatable bonds is 8. The molecule has 1 fully saturated rings. The van der Waals surface area contributed by atoms with Crippen LogP contribution in [-0.4, -0.2) is 30.8 Å². The highest BCUT2D eigenvalue weighted by Gasteiger charge is 2.25. The molecule has 0 aromatic heterocycles. The minimum absolute atomic E-state index is 0.0540. The number of halogens is 1. The summed E-state index contributed by atoms with van der Waals surface area (Å²) in [4.78, 5) is 29.7. The second-order valence-electron chi connectivity index (χ2n) is 9.01. The molecule has 0 atom stereocenters. The molecule has 0 bridgehead atoms. The Bertz CT molecular complexity index is 1140. The van der Waals surface area contributed by atoms with Crippen LogP contribution < -0.4 is 10.2 Å². The van der Waals surface area contributed by atoms with Gasteiger partial charge in [-0.1, -0.05) is 36.8 Å². The Hall–Kier alpha value is -3.67. The number of amides is 2. The van der Waals surface area contributed by atoms with Crippen molar-refractivity contribution in [3.05, 3.63) is 95.3 Å². The predicted molar refractivity (Wildman–Crippen MR) is 133 cm³/mol. The van der Waals surface area contributed by atoms with Crippen molar-refractivity contribution in [2.75, 3.05) is 24.3 Å². The fourth-order valence-corrected chi connectivity index (χ4v) is 4.12. The molecule has 4 rings (SSSR count). The molecule has 1 saturated carbocycles. The number of hydrogen-bond acceptors (Lipinski definition) is 3. The normalized spacial score (nSPS) is 13.1. The third-order valence-corrected chi connectivity index (χ3v) is 6.26. The SMILES string of the molecule is CN(C)c1ccc(NC(=O)C2CCC2)cc1CN(Cc1ccccc1)C(=O)c1ccc(F)cc1. The van der Waals surface area contributed by atoms with Gasteiger partial charge in [-0.25, -0.2) is 4.39 Å². The van der Waals surface area contributed by atoms with Gasteiger partial charge in [0.15, 0.2) is 0 Å². The monoisotopic (exact) mass is 459 g/mol. The lowest BCUT2D eigenvalue weighted by molar-refractivity contribution is -0.122. The van der Waals surface area contributed by atoms with E-state index in [2.05, 4.69) is 5.32 Å². The minimum atomic E-state index is -0.379. The Morgan fingerprint density at radius 2 is 1.65 bits per heavy atom. The number of carbonyl (C=O) groups excluding carboxylic acids is 2. The lowest BCUT2D eigenvalue weighted by atomic mass is 9.85. The van der Waals surface area contributed by atoms with Gasteiger partial charge in [-0.3, -0.25) is 9.59 Å². The first-order valence-electron chi connectivity index (χ1n) is 11.6. The molecule has 1 aliphatic carbocycles. The molecule has 1 N–H and O–H groups in total. The standard InChI is InChI=1S/C28H30FN3O2/c1-31(2)26-16-15-25(30-27(33)21-9-6-10-21)17-23(26)19-32(18-20-7-4-3-5-8-20)28(34)22-11-13-24(29)14-12-22/h3-5,7-8,11-17,21H,6,9-10,18-19H2,1-2H3,(H,30,33). The molecule has 0 saturated heterocycles. The van der Waals surface area contributed by atoms with Crippen molar-refractivity contribution in [1.29, 1.82) is 0 Å². The molecule has 5 nitrogen and oxygen atoms in total. The van der Waals surface area contributed by atoms with Crippen molar-refractivity contribution in [1.82, 2.24) is 4.90 Å². The third-order valence-electron chi connectivity index (χ3n) is 6.26. The third kappa shape index (κ3) is 5.63. The summed E-state index contributed by atoms with van der Waals surface area (Å²) < 4.78 is 13.5. The molecule has 0 heterocycles. The van der Waals surface area contributed by atoms with Gasteiger partial charge in [0.05, 0.1) is 0 Å². The van der Waals surface area contributed by atoms with Gasteiger partial charge in [0.25, 0.3) is 5.91 Å². The van der Waals surface area contributed by atoms with E-state index in [-0.39, 0.29) is 23.5 Å². The van der Waals surface area contributed by atoms with Crippen LogP contribution in [-0.2, 0) is 17.9 Å². The Morgan fingerprint density at radius 1 is 0.941 bits per heavy atom. The van der Waals surface area contributed by atoms with E-state index in [0.717, 1.165) is 41.8 Å². The van der Waals surface area contributed by atoms with Crippen LogP contribution in [0.25, 0.3) is 0 Å². The number of hydrogen-bond donors (Lipinski definition) is 1. The van der Waals surface area contributed by atoms with Gasteiger partial charge in [0, 0.05) is 50.0 Å². The summed E-state index contributed by atoms with van der Waals surface area (Å²) in [5.41, 5.74) is 4.04. The van der Waals surface area contributed by atoms with Crippen LogP contribution in [0.4, 0.5) is 15.8 Å². The first-order valence-corrected chi connectivity index (χ1v) is 11.6. The Morgan fingerprint density at radius 3 is 2.26 bits per heavy atom. The van der Waals surface area contributed by atoms with Gasteiger partial charge in [-0.05, 0) is 66.4 Å². The molecule has 2 amide bonds. The summed E-state index contributed by atoms with van der Waals surface area (Å²) in [5, 5.41) is 3.04. The van der Waals surface area contributed by atoms with Crippen LogP contribution in [0.15, 0.2) is 72.8 Å². The van der Waals surface area contributed by atoms with Gasteiger partial charge >= 0.3 is 0 Å². The fourth-order valence-electron chi connectivity index (χ4n) is 4.12. The van der Waals surface area contributed by atoms with Crippen molar-refractivity contribution in [3.8, 4) is 0 Å². The zero-order chi connectivity index (χ0) is 24.1. The fraction of sp³-hybridized carbons (Fsp3) is 0.286. The Balaban J connectivity index is 1.64. The molecule has 3 aromatic carbocycles. The van der Waals surface area contributed by atoms with E-state index < -0.39 is 0 Å². The van der Waals surface area contributed by atoms with Crippen molar-refractivity contribution in [2.24, 2.45) is 5.92 Å². The van der Waals surface area contributed by atoms with Gasteiger partial charge in [0.2, 0.25) is 5.91 Å². The van der Waals surface area contributed by atoms with E-state index >= 15 is 0 Å². The topological polar surface area (TPSA) is 52.7 Å². The van der Waals surface area contributed by atoms with Crippen LogP contribution in [0, 0.1) is 11.7 Å². The number of anilines is 2. The first-order chi connectivity index (χ1) is 16.4. The molecular weight excluding hydrogens is 429 g/mol. The molecular formula is C28H30FN3O2. The first kappa shape index (κ1) is 23.5. The number of nitrogens with zero attached hydrogens (tertiary/aromatic N) is 2. The van der Waals surface area contributed by atoms with Crippen LogP contribution in [0.3, 0.4) is 0 Å². The largest absolute Gasteiger partial charge is 0.377 e. The van der Waals surface area contributed by atoms with E-state index in [1.807, 2.05) is 67.5 Å². The van der Waals surface area contributed by atoms with Crippen LogP contribution in [0.5, 0.6) is 0 Å². The molecule has 3 aromatic rings. The molecule has 0 radical (unpaired) electrons. The molecule has 0 unspecified atom stereocenters. The second kappa shape index (κ2) is 10.5. The van der Waals surface area contributed by atoms with Crippen LogP contribution in [0.1, 0.15) is 40.7 Å². The average Bonchev–Trinajstić information content (AvgIpc) is 2.78. The number of nitrogens with one attached hydrogen (secondary N) is 1. The molecule has 6 heteroatoms. The van der Waals surface area contributed by atoms with Gasteiger partial charge in [-0.15, -0.1) is 0 Å². The highest BCUT2D eigenvalue weighted by molar-refractivity contribution is 5.95. The van der Waals surface area contributed by atoms with Crippen molar-refractivity contribution in [2.45, 2.75) is 32.4 Å². The van der Waals surface area contributed by atoms with Crippen LogP contribution >= 0.6 is 0 Å². The zero-order valence-electron chi connectivity index (χ0n) is 19.6. The van der Waals surface area contributed by atoms with E-state index in [9.17, 15) is 14.0 Å². The van der Waals surface area contributed by atoms with E-state index in [1.54, 1.807) is 4.90 Å². The maximum Gasteiger partial charge on any atom is 0.254 e. The van der Waals surface area contributed by atoms with Gasteiger partial charge in [0.1, 0.15) is 5.82 Å². The minimum Gasteiger partial charge on any atom is -0.377 e. The summed E-state index contributed by atoms with van der Waals surface area (Å²) in [6.07, 6.45) is 2.97. The Labute approximate surface area is 200 Å². The molecule has 34 heavy (non-hydrogen) atoms. The maximum atomic E-state index is 13.5. The zero-order valence-corrected chi connectivity index (χ0v) is 19.6. The highest BCUT2D eigenvalue weighted by atomic mass is 19.1. The molecule has 1 aliphatic rings. The molecule has 176 valence electrons. The maximum absolute atomic E-state index is 13.5.